The largest absolute Gasteiger partial charge is 0.339 e. The molecular formula is C18H10FN3. The lowest BCUT2D eigenvalue weighted by Gasteiger charge is -2.21. The Hall–Kier alpha value is -3.01. The van der Waals surface area contributed by atoms with Gasteiger partial charge < -0.3 is 5.32 Å². The Morgan fingerprint density at radius 1 is 0.955 bits per heavy atom. The average molecular weight is 287 g/mol. The molecule has 0 aliphatic carbocycles. The SMILES string of the molecule is Fc1ccc2c(c1)Nc1nc3ccccc3c3nccc-2c13. The number of nitrogens with one attached hydrogen (secondary N) is 1. The zero-order valence-electron chi connectivity index (χ0n) is 11.5. The third kappa shape index (κ3) is 1.44. The van der Waals surface area contributed by atoms with Crippen molar-refractivity contribution in [2.45, 2.75) is 0 Å². The molecule has 1 aliphatic rings. The molecule has 3 nitrogen and oxygen atoms in total. The van der Waals surface area contributed by atoms with Crippen molar-refractivity contribution in [1.29, 1.82) is 0 Å². The van der Waals surface area contributed by atoms with Crippen molar-refractivity contribution in [2.75, 3.05) is 5.32 Å². The monoisotopic (exact) mass is 287 g/mol. The van der Waals surface area contributed by atoms with Gasteiger partial charge in [-0.05, 0) is 35.9 Å². The van der Waals surface area contributed by atoms with Crippen LogP contribution in [0.4, 0.5) is 15.9 Å². The van der Waals surface area contributed by atoms with Crippen LogP contribution in [0.15, 0.2) is 54.7 Å². The van der Waals surface area contributed by atoms with Crippen molar-refractivity contribution in [1.82, 2.24) is 9.97 Å². The molecule has 22 heavy (non-hydrogen) atoms. The van der Waals surface area contributed by atoms with Crippen LogP contribution in [0.5, 0.6) is 0 Å². The minimum Gasteiger partial charge on any atom is -0.339 e. The molecule has 2 aromatic heterocycles. The molecule has 4 aromatic rings. The van der Waals surface area contributed by atoms with Gasteiger partial charge in [-0.2, -0.15) is 0 Å². The summed E-state index contributed by atoms with van der Waals surface area (Å²) in [5.41, 5.74) is 4.54. The van der Waals surface area contributed by atoms with E-state index >= 15 is 0 Å². The lowest BCUT2D eigenvalue weighted by molar-refractivity contribution is 0.628. The van der Waals surface area contributed by atoms with Gasteiger partial charge in [0.15, 0.2) is 0 Å². The summed E-state index contributed by atoms with van der Waals surface area (Å²) in [7, 11) is 0. The maximum atomic E-state index is 13.5. The number of rotatable bonds is 0. The fourth-order valence-corrected chi connectivity index (χ4v) is 3.15. The molecule has 5 rings (SSSR count). The smallest absolute Gasteiger partial charge is 0.141 e. The molecule has 0 spiro atoms. The number of fused-ring (bicyclic) bond motifs is 4. The summed E-state index contributed by atoms with van der Waals surface area (Å²) in [6.07, 6.45) is 1.80. The number of pyridine rings is 2. The summed E-state index contributed by atoms with van der Waals surface area (Å²) in [5.74, 6) is 0.468. The molecular weight excluding hydrogens is 277 g/mol. The first-order valence-electron chi connectivity index (χ1n) is 7.06. The van der Waals surface area contributed by atoms with Gasteiger partial charge in [0.25, 0.3) is 0 Å². The number of aromatic nitrogens is 2. The van der Waals surface area contributed by atoms with Gasteiger partial charge in [-0.15, -0.1) is 0 Å². The molecule has 3 heterocycles. The summed E-state index contributed by atoms with van der Waals surface area (Å²) < 4.78 is 13.5. The maximum absolute atomic E-state index is 13.5. The van der Waals surface area contributed by atoms with Gasteiger partial charge in [-0.25, -0.2) is 9.37 Å². The molecule has 4 heteroatoms. The molecule has 0 unspecified atom stereocenters. The zero-order chi connectivity index (χ0) is 14.7. The van der Waals surface area contributed by atoms with Gasteiger partial charge in [0, 0.05) is 17.1 Å². The van der Waals surface area contributed by atoms with Crippen molar-refractivity contribution < 1.29 is 4.39 Å². The van der Waals surface area contributed by atoms with Crippen molar-refractivity contribution >= 4 is 33.3 Å². The molecule has 2 aromatic carbocycles. The van der Waals surface area contributed by atoms with Gasteiger partial charge in [-0.1, -0.05) is 18.2 Å². The number of hydrogen-bond donors (Lipinski definition) is 1. The summed E-state index contributed by atoms with van der Waals surface area (Å²) in [5, 5.41) is 5.26. The Labute approximate surface area is 125 Å². The van der Waals surface area contributed by atoms with Crippen LogP contribution in [-0.2, 0) is 0 Å². The van der Waals surface area contributed by atoms with Crippen molar-refractivity contribution in [3.8, 4) is 11.1 Å². The van der Waals surface area contributed by atoms with Crippen molar-refractivity contribution in [3.05, 3.63) is 60.5 Å². The molecule has 0 fully saturated rings. The summed E-state index contributed by atoms with van der Waals surface area (Å²) in [4.78, 5) is 9.24. The van der Waals surface area contributed by atoms with Crippen LogP contribution in [0.25, 0.3) is 32.9 Å². The van der Waals surface area contributed by atoms with Gasteiger partial charge in [0.05, 0.1) is 22.1 Å². The summed E-state index contributed by atoms with van der Waals surface area (Å²) >= 11 is 0. The van der Waals surface area contributed by atoms with E-state index in [-0.39, 0.29) is 5.82 Å². The number of para-hydroxylation sites is 1. The van der Waals surface area contributed by atoms with Crippen molar-refractivity contribution in [3.63, 3.8) is 0 Å². The molecule has 1 aliphatic heterocycles. The highest BCUT2D eigenvalue weighted by atomic mass is 19.1. The molecule has 0 saturated heterocycles. The molecule has 0 radical (unpaired) electrons. The molecule has 0 amide bonds. The topological polar surface area (TPSA) is 37.8 Å². The van der Waals surface area contributed by atoms with E-state index in [1.54, 1.807) is 12.3 Å². The molecule has 0 saturated carbocycles. The van der Waals surface area contributed by atoms with E-state index in [9.17, 15) is 4.39 Å². The zero-order valence-corrected chi connectivity index (χ0v) is 11.5. The van der Waals surface area contributed by atoms with Crippen LogP contribution < -0.4 is 5.32 Å². The second-order valence-corrected chi connectivity index (χ2v) is 5.37. The standard InChI is InChI=1S/C18H10FN3/c19-10-5-6-11-12-7-8-20-17-13-3-1-2-4-14(13)21-18(16(12)17)22-15(11)9-10/h1-9H,(H,21,22). The van der Waals surface area contributed by atoms with Crippen LogP contribution in [0.3, 0.4) is 0 Å². The Kier molecular flexibility index (Phi) is 2.12. The van der Waals surface area contributed by atoms with E-state index in [1.807, 2.05) is 30.3 Å². The summed E-state index contributed by atoms with van der Waals surface area (Å²) in [6.45, 7) is 0. The van der Waals surface area contributed by atoms with Gasteiger partial charge in [0.2, 0.25) is 0 Å². The normalized spacial score (nSPS) is 12.2. The van der Waals surface area contributed by atoms with Crippen molar-refractivity contribution in [2.24, 2.45) is 0 Å². The number of hydrogen-bond acceptors (Lipinski definition) is 3. The van der Waals surface area contributed by atoms with Gasteiger partial charge in [0.1, 0.15) is 11.6 Å². The minimum atomic E-state index is -0.263. The predicted molar refractivity (Wildman–Crippen MR) is 85.7 cm³/mol. The fraction of sp³-hybridized carbons (Fsp3) is 0. The Balaban J connectivity index is 2.00. The number of nitrogens with zero attached hydrogens (tertiary/aromatic N) is 2. The molecule has 0 bridgehead atoms. The quantitative estimate of drug-likeness (QED) is 0.421. The van der Waals surface area contributed by atoms with E-state index in [1.165, 1.54) is 12.1 Å². The predicted octanol–water partition coefficient (Wildman–Crippen LogP) is 4.65. The van der Waals surface area contributed by atoms with Crippen LogP contribution in [0.2, 0.25) is 0 Å². The van der Waals surface area contributed by atoms with Crippen LogP contribution >= 0.6 is 0 Å². The van der Waals surface area contributed by atoms with Gasteiger partial charge >= 0.3 is 0 Å². The third-order valence-electron chi connectivity index (χ3n) is 4.10. The highest BCUT2D eigenvalue weighted by molar-refractivity contribution is 6.16. The van der Waals surface area contributed by atoms with E-state index in [0.29, 0.717) is 0 Å². The fourth-order valence-electron chi connectivity index (χ4n) is 3.15. The van der Waals surface area contributed by atoms with E-state index in [4.69, 9.17) is 0 Å². The lowest BCUT2D eigenvalue weighted by atomic mass is 9.95. The van der Waals surface area contributed by atoms with Crippen LogP contribution in [-0.4, -0.2) is 9.97 Å². The van der Waals surface area contributed by atoms with Crippen LogP contribution in [0.1, 0.15) is 0 Å². The first kappa shape index (κ1) is 11.6. The Bertz CT molecular complexity index is 1070. The van der Waals surface area contributed by atoms with Crippen LogP contribution in [0, 0.1) is 5.82 Å². The third-order valence-corrected chi connectivity index (χ3v) is 4.10. The van der Waals surface area contributed by atoms with Gasteiger partial charge in [-0.3, -0.25) is 4.98 Å². The number of benzene rings is 2. The minimum absolute atomic E-state index is 0.263. The summed E-state index contributed by atoms with van der Waals surface area (Å²) in [6, 6.07) is 14.7. The van der Waals surface area contributed by atoms with E-state index < -0.39 is 0 Å². The Morgan fingerprint density at radius 3 is 2.82 bits per heavy atom. The number of anilines is 2. The first-order valence-corrected chi connectivity index (χ1v) is 7.06. The Morgan fingerprint density at radius 2 is 1.86 bits per heavy atom. The second-order valence-electron chi connectivity index (χ2n) is 5.37. The second kappa shape index (κ2) is 4.01. The van der Waals surface area contributed by atoms with E-state index in [2.05, 4.69) is 15.3 Å². The highest BCUT2D eigenvalue weighted by Crippen LogP contribution is 2.43. The lowest BCUT2D eigenvalue weighted by Crippen LogP contribution is -2.04. The highest BCUT2D eigenvalue weighted by Gasteiger charge is 2.21. The number of halogens is 1. The van der Waals surface area contributed by atoms with E-state index in [0.717, 1.165) is 44.4 Å². The molecule has 104 valence electrons. The molecule has 1 N–H and O–H groups in total. The molecule has 0 atom stereocenters. The first-order chi connectivity index (χ1) is 10.8. The average Bonchev–Trinajstić information content (AvgIpc) is 2.55. The maximum Gasteiger partial charge on any atom is 0.141 e.